The number of amides is 3. The van der Waals surface area contributed by atoms with Gasteiger partial charge in [0.1, 0.15) is 5.75 Å². The Morgan fingerprint density at radius 1 is 0.868 bits per heavy atom. The van der Waals surface area contributed by atoms with Crippen LogP contribution in [0.3, 0.4) is 0 Å². The topological polar surface area (TPSA) is 127 Å². The second-order valence-corrected chi connectivity index (χ2v) is 8.53. The molecule has 0 aliphatic heterocycles. The highest BCUT2D eigenvalue weighted by molar-refractivity contribution is 6.39. The van der Waals surface area contributed by atoms with Crippen LogP contribution < -0.4 is 30.3 Å². The number of halogens is 2. The lowest BCUT2D eigenvalue weighted by Crippen LogP contribution is -2.32. The average molecular weight is 559 g/mol. The fraction of sp³-hybridized carbons (Fsp3) is 0.154. The number of rotatable bonds is 9. The lowest BCUT2D eigenvalue weighted by atomic mass is 10.2. The number of hydrogen-bond donors (Lipinski definition) is 3. The summed E-state index contributed by atoms with van der Waals surface area (Å²) in [6.45, 7) is 1.52. The lowest BCUT2D eigenvalue weighted by Gasteiger charge is -2.13. The number of carbonyl (C=O) groups excluding carboxylic acids is 3. The minimum Gasteiger partial charge on any atom is -0.497 e. The van der Waals surface area contributed by atoms with Crippen LogP contribution in [0.4, 0.5) is 11.4 Å². The summed E-state index contributed by atoms with van der Waals surface area (Å²) in [4.78, 5) is 36.4. The molecular weight excluding hydrogens is 535 g/mol. The minimum atomic E-state index is -0.976. The second kappa shape index (κ2) is 13.3. The fourth-order valence-electron chi connectivity index (χ4n) is 3.04. The molecule has 0 aliphatic rings. The number of nitrogens with one attached hydrogen (secondary N) is 3. The first kappa shape index (κ1) is 28.3. The zero-order valence-electron chi connectivity index (χ0n) is 20.6. The third-order valence-corrected chi connectivity index (χ3v) is 5.68. The number of hydrazone groups is 1. The minimum absolute atomic E-state index is 0.139. The first-order valence-electron chi connectivity index (χ1n) is 11.0. The fourth-order valence-corrected chi connectivity index (χ4v) is 3.49. The van der Waals surface area contributed by atoms with E-state index >= 15 is 0 Å². The van der Waals surface area contributed by atoms with E-state index in [9.17, 15) is 14.4 Å². The quantitative estimate of drug-likeness (QED) is 0.202. The molecule has 0 unspecified atom stereocenters. The Balaban J connectivity index is 1.57. The summed E-state index contributed by atoms with van der Waals surface area (Å²) in [7, 11) is 2.92. The summed E-state index contributed by atoms with van der Waals surface area (Å²) in [6.07, 6.45) is 1.27. The third-order valence-electron chi connectivity index (χ3n) is 4.99. The molecule has 0 atom stereocenters. The Hall–Kier alpha value is -4.28. The van der Waals surface area contributed by atoms with Crippen molar-refractivity contribution < 1.29 is 28.6 Å². The molecular formula is C26H24Cl2N4O6. The maximum Gasteiger partial charge on any atom is 0.329 e. The number of hydrogen-bond acceptors (Lipinski definition) is 7. The molecule has 0 spiro atoms. The average Bonchev–Trinajstić information content (AvgIpc) is 2.90. The van der Waals surface area contributed by atoms with Gasteiger partial charge in [-0.3, -0.25) is 14.4 Å². The number of aryl methyl sites for hydroxylation is 1. The Bertz CT molecular complexity index is 1360. The van der Waals surface area contributed by atoms with Crippen molar-refractivity contribution in [2.45, 2.75) is 6.92 Å². The van der Waals surface area contributed by atoms with Crippen molar-refractivity contribution >= 4 is 58.5 Å². The summed E-state index contributed by atoms with van der Waals surface area (Å²) in [5.74, 6) is -1.32. The third kappa shape index (κ3) is 7.86. The summed E-state index contributed by atoms with van der Waals surface area (Å²) in [6, 6.07) is 14.6. The van der Waals surface area contributed by atoms with Crippen molar-refractivity contribution in [3.05, 3.63) is 75.8 Å². The Labute approximate surface area is 228 Å². The molecule has 3 aromatic rings. The molecule has 3 N–H and O–H groups in total. The van der Waals surface area contributed by atoms with E-state index in [2.05, 4.69) is 21.2 Å². The van der Waals surface area contributed by atoms with Crippen LogP contribution in [0.25, 0.3) is 0 Å². The van der Waals surface area contributed by atoms with E-state index in [0.29, 0.717) is 27.7 Å². The van der Waals surface area contributed by atoms with Crippen LogP contribution in [0.2, 0.25) is 10.0 Å². The van der Waals surface area contributed by atoms with Gasteiger partial charge in [-0.05, 0) is 66.6 Å². The molecule has 0 radical (unpaired) electrons. The van der Waals surface area contributed by atoms with Crippen LogP contribution in [0, 0.1) is 6.92 Å². The van der Waals surface area contributed by atoms with E-state index < -0.39 is 17.7 Å². The zero-order chi connectivity index (χ0) is 27.7. The SMILES string of the molecule is COc1ccc(NC(=O)C(=O)N/N=C\c2cc(Cl)c(OCC(=O)Nc3ccc(C)c(Cl)c3)c(OC)c2)cc1. The van der Waals surface area contributed by atoms with Gasteiger partial charge in [-0.2, -0.15) is 5.10 Å². The van der Waals surface area contributed by atoms with Crippen molar-refractivity contribution in [3.63, 3.8) is 0 Å². The second-order valence-electron chi connectivity index (χ2n) is 7.72. The molecule has 0 heterocycles. The van der Waals surface area contributed by atoms with Gasteiger partial charge in [-0.15, -0.1) is 0 Å². The molecule has 198 valence electrons. The zero-order valence-corrected chi connectivity index (χ0v) is 22.1. The van der Waals surface area contributed by atoms with Crippen LogP contribution in [-0.2, 0) is 14.4 Å². The number of ether oxygens (including phenoxy) is 3. The van der Waals surface area contributed by atoms with Gasteiger partial charge >= 0.3 is 11.8 Å². The van der Waals surface area contributed by atoms with Crippen molar-refractivity contribution in [2.24, 2.45) is 5.10 Å². The summed E-state index contributed by atoms with van der Waals surface area (Å²) in [5.41, 5.74) is 4.40. The maximum absolute atomic E-state index is 12.3. The van der Waals surface area contributed by atoms with Gasteiger partial charge in [0.25, 0.3) is 5.91 Å². The molecule has 0 saturated heterocycles. The summed E-state index contributed by atoms with van der Waals surface area (Å²) in [5, 5.41) is 9.57. The van der Waals surface area contributed by atoms with Gasteiger partial charge in [0.15, 0.2) is 18.1 Å². The molecule has 38 heavy (non-hydrogen) atoms. The molecule has 0 saturated carbocycles. The first-order valence-corrected chi connectivity index (χ1v) is 11.8. The largest absolute Gasteiger partial charge is 0.497 e. The molecule has 3 rings (SSSR count). The van der Waals surface area contributed by atoms with E-state index in [0.717, 1.165) is 5.56 Å². The number of anilines is 2. The first-order chi connectivity index (χ1) is 18.2. The standard InChI is InChI=1S/C26H24Cl2N4O6/c1-15-4-5-18(12-20(15)27)30-23(33)14-38-24-21(28)10-16(11-22(24)37-3)13-29-32-26(35)25(34)31-17-6-8-19(36-2)9-7-17/h4-13H,14H2,1-3H3,(H,30,33)(H,31,34)(H,32,35)/b29-13-. The van der Waals surface area contributed by atoms with Crippen LogP contribution in [0.5, 0.6) is 17.2 Å². The maximum atomic E-state index is 12.3. The highest BCUT2D eigenvalue weighted by Crippen LogP contribution is 2.36. The predicted octanol–water partition coefficient (Wildman–Crippen LogP) is 4.43. The normalized spacial score (nSPS) is 10.6. The van der Waals surface area contributed by atoms with Crippen molar-refractivity contribution in [3.8, 4) is 17.2 Å². The van der Waals surface area contributed by atoms with E-state index in [1.165, 1.54) is 32.6 Å². The van der Waals surface area contributed by atoms with Crippen LogP contribution >= 0.6 is 23.2 Å². The Morgan fingerprint density at radius 2 is 1.58 bits per heavy atom. The van der Waals surface area contributed by atoms with Gasteiger partial charge in [0.2, 0.25) is 0 Å². The van der Waals surface area contributed by atoms with Crippen LogP contribution in [-0.4, -0.2) is 44.8 Å². The van der Waals surface area contributed by atoms with E-state index in [1.807, 2.05) is 6.92 Å². The Kier molecular flexibility index (Phi) is 9.92. The lowest BCUT2D eigenvalue weighted by molar-refractivity contribution is -0.136. The highest BCUT2D eigenvalue weighted by Gasteiger charge is 2.15. The van der Waals surface area contributed by atoms with Crippen molar-refractivity contribution in [1.82, 2.24) is 5.43 Å². The molecule has 10 nitrogen and oxygen atoms in total. The molecule has 12 heteroatoms. The molecule has 3 aromatic carbocycles. The predicted molar refractivity (Wildman–Crippen MR) is 146 cm³/mol. The molecule has 3 amide bonds. The number of nitrogens with zero attached hydrogens (tertiary/aromatic N) is 1. The molecule has 0 bridgehead atoms. The van der Waals surface area contributed by atoms with E-state index in [-0.39, 0.29) is 23.1 Å². The van der Waals surface area contributed by atoms with E-state index in [4.69, 9.17) is 37.4 Å². The number of benzene rings is 3. The van der Waals surface area contributed by atoms with Gasteiger partial charge in [0, 0.05) is 16.4 Å². The Morgan fingerprint density at radius 3 is 2.24 bits per heavy atom. The van der Waals surface area contributed by atoms with Crippen molar-refractivity contribution in [2.75, 3.05) is 31.5 Å². The molecule has 0 fully saturated rings. The number of carbonyl (C=O) groups is 3. The summed E-state index contributed by atoms with van der Waals surface area (Å²) < 4.78 is 15.9. The number of methoxy groups -OCH3 is 2. The van der Waals surface area contributed by atoms with Gasteiger partial charge < -0.3 is 24.8 Å². The van der Waals surface area contributed by atoms with Gasteiger partial charge in [0.05, 0.1) is 25.5 Å². The van der Waals surface area contributed by atoms with Crippen LogP contribution in [0.1, 0.15) is 11.1 Å². The molecule has 0 aliphatic carbocycles. The summed E-state index contributed by atoms with van der Waals surface area (Å²) >= 11 is 12.4. The van der Waals surface area contributed by atoms with Gasteiger partial charge in [-0.1, -0.05) is 29.3 Å². The van der Waals surface area contributed by atoms with Crippen LogP contribution in [0.15, 0.2) is 59.7 Å². The van der Waals surface area contributed by atoms with Crippen molar-refractivity contribution in [1.29, 1.82) is 0 Å². The van der Waals surface area contributed by atoms with Gasteiger partial charge in [-0.25, -0.2) is 5.43 Å². The van der Waals surface area contributed by atoms with E-state index in [1.54, 1.807) is 42.5 Å². The monoisotopic (exact) mass is 558 g/mol. The smallest absolute Gasteiger partial charge is 0.329 e. The highest BCUT2D eigenvalue weighted by atomic mass is 35.5. The molecule has 0 aromatic heterocycles.